The van der Waals surface area contributed by atoms with Crippen molar-refractivity contribution >= 4 is 0 Å². The Balaban J connectivity index is 2.35. The summed E-state index contributed by atoms with van der Waals surface area (Å²) in [6, 6.07) is 0. The molecule has 0 aliphatic heterocycles. The molecule has 0 fully saturated rings. The molecule has 0 aromatic carbocycles. The first-order chi connectivity index (χ1) is 6.83. The van der Waals surface area contributed by atoms with Gasteiger partial charge in [0.05, 0.1) is 13.2 Å². The van der Waals surface area contributed by atoms with Crippen LogP contribution in [0.2, 0.25) is 0 Å². The summed E-state index contributed by atoms with van der Waals surface area (Å²) < 4.78 is 1.52. The van der Waals surface area contributed by atoms with E-state index in [1.807, 2.05) is 0 Å². The van der Waals surface area contributed by atoms with Gasteiger partial charge in [-0.2, -0.15) is 0 Å². The number of hydrogen-bond donors (Lipinski definition) is 2. The lowest BCUT2D eigenvalue weighted by Gasteiger charge is -1.97. The SMILES string of the molecule is O=c1c2c([nH]n1CCO)CCCCC2. The number of aromatic amines is 1. The Morgan fingerprint density at radius 1 is 1.29 bits per heavy atom. The molecule has 14 heavy (non-hydrogen) atoms. The second kappa shape index (κ2) is 4.00. The van der Waals surface area contributed by atoms with Crippen molar-refractivity contribution in [3.63, 3.8) is 0 Å². The molecule has 2 rings (SSSR count). The molecular weight excluding hydrogens is 180 g/mol. The average Bonchev–Trinajstić information content (AvgIpc) is 2.41. The fourth-order valence-electron chi connectivity index (χ4n) is 2.08. The summed E-state index contributed by atoms with van der Waals surface area (Å²) in [5, 5.41) is 11.9. The van der Waals surface area contributed by atoms with Crippen LogP contribution in [0.1, 0.15) is 30.5 Å². The summed E-state index contributed by atoms with van der Waals surface area (Å²) in [4.78, 5) is 11.8. The van der Waals surface area contributed by atoms with Crippen LogP contribution >= 0.6 is 0 Å². The third-order valence-corrected chi connectivity index (χ3v) is 2.81. The molecule has 1 heterocycles. The smallest absolute Gasteiger partial charge is 0.270 e. The first kappa shape index (κ1) is 9.52. The maximum Gasteiger partial charge on any atom is 0.270 e. The van der Waals surface area contributed by atoms with Crippen LogP contribution < -0.4 is 5.56 Å². The van der Waals surface area contributed by atoms with Crippen LogP contribution in [0.15, 0.2) is 4.79 Å². The third kappa shape index (κ3) is 1.62. The van der Waals surface area contributed by atoms with Crippen molar-refractivity contribution in [1.82, 2.24) is 9.78 Å². The van der Waals surface area contributed by atoms with Gasteiger partial charge in [0.15, 0.2) is 0 Å². The van der Waals surface area contributed by atoms with Crippen LogP contribution in [0.5, 0.6) is 0 Å². The van der Waals surface area contributed by atoms with E-state index >= 15 is 0 Å². The van der Waals surface area contributed by atoms with Crippen molar-refractivity contribution in [1.29, 1.82) is 0 Å². The zero-order chi connectivity index (χ0) is 9.97. The average molecular weight is 196 g/mol. The number of rotatable bonds is 2. The predicted molar refractivity (Wildman–Crippen MR) is 53.4 cm³/mol. The van der Waals surface area contributed by atoms with Crippen molar-refractivity contribution < 1.29 is 5.11 Å². The Morgan fingerprint density at radius 3 is 2.86 bits per heavy atom. The van der Waals surface area contributed by atoms with Crippen LogP contribution in [0.3, 0.4) is 0 Å². The van der Waals surface area contributed by atoms with Crippen molar-refractivity contribution in [2.24, 2.45) is 0 Å². The minimum absolute atomic E-state index is 0.0132. The molecule has 0 spiro atoms. The molecule has 0 radical (unpaired) electrons. The second-order valence-corrected chi connectivity index (χ2v) is 3.81. The van der Waals surface area contributed by atoms with Gasteiger partial charge in [-0.05, 0) is 25.7 Å². The molecule has 0 atom stereocenters. The Morgan fingerprint density at radius 2 is 2.07 bits per heavy atom. The van der Waals surface area contributed by atoms with E-state index in [1.165, 1.54) is 11.1 Å². The van der Waals surface area contributed by atoms with E-state index < -0.39 is 0 Å². The molecule has 0 saturated carbocycles. The first-order valence-electron chi connectivity index (χ1n) is 5.24. The molecule has 78 valence electrons. The zero-order valence-electron chi connectivity index (χ0n) is 8.25. The van der Waals surface area contributed by atoms with Crippen molar-refractivity contribution in [2.45, 2.75) is 38.6 Å². The number of hydrogen-bond acceptors (Lipinski definition) is 2. The minimum Gasteiger partial charge on any atom is -0.394 e. The van der Waals surface area contributed by atoms with Crippen LogP contribution in [0, 0.1) is 0 Å². The highest BCUT2D eigenvalue weighted by molar-refractivity contribution is 5.18. The summed E-state index contributed by atoms with van der Waals surface area (Å²) in [7, 11) is 0. The highest BCUT2D eigenvalue weighted by Crippen LogP contribution is 2.15. The Kier molecular flexibility index (Phi) is 2.72. The number of nitrogens with one attached hydrogen (secondary N) is 1. The molecule has 0 saturated heterocycles. The first-order valence-corrected chi connectivity index (χ1v) is 5.24. The minimum atomic E-state index is 0.0132. The topological polar surface area (TPSA) is 58.0 Å². The zero-order valence-corrected chi connectivity index (χ0v) is 8.25. The number of aryl methyl sites for hydroxylation is 1. The van der Waals surface area contributed by atoms with E-state index in [-0.39, 0.29) is 12.2 Å². The van der Waals surface area contributed by atoms with Gasteiger partial charge in [-0.15, -0.1) is 0 Å². The molecular formula is C10H16N2O2. The number of aliphatic hydroxyl groups excluding tert-OH is 1. The van der Waals surface area contributed by atoms with Gasteiger partial charge < -0.3 is 5.11 Å². The summed E-state index contributed by atoms with van der Waals surface area (Å²) in [6.07, 6.45) is 5.35. The van der Waals surface area contributed by atoms with Gasteiger partial charge in [-0.25, -0.2) is 0 Å². The molecule has 0 unspecified atom stereocenters. The van der Waals surface area contributed by atoms with E-state index in [9.17, 15) is 4.79 Å². The van der Waals surface area contributed by atoms with Gasteiger partial charge in [0.2, 0.25) is 0 Å². The fourth-order valence-corrected chi connectivity index (χ4v) is 2.08. The molecule has 4 nitrogen and oxygen atoms in total. The lowest BCUT2D eigenvalue weighted by Crippen LogP contribution is -2.20. The van der Waals surface area contributed by atoms with Gasteiger partial charge in [-0.1, -0.05) is 6.42 Å². The predicted octanol–water partition coefficient (Wildman–Crippen LogP) is 0.438. The fraction of sp³-hybridized carbons (Fsp3) is 0.700. The van der Waals surface area contributed by atoms with E-state index in [2.05, 4.69) is 5.10 Å². The number of aliphatic hydroxyl groups is 1. The van der Waals surface area contributed by atoms with Crippen molar-refractivity contribution in [2.75, 3.05) is 6.61 Å². The summed E-state index contributed by atoms with van der Waals surface area (Å²) in [6.45, 7) is 0.394. The lowest BCUT2D eigenvalue weighted by atomic mass is 10.1. The lowest BCUT2D eigenvalue weighted by molar-refractivity contribution is 0.267. The highest BCUT2D eigenvalue weighted by atomic mass is 16.3. The molecule has 2 N–H and O–H groups in total. The Bertz CT molecular complexity index is 365. The maximum atomic E-state index is 11.8. The van der Waals surface area contributed by atoms with E-state index in [0.717, 1.165) is 36.9 Å². The highest BCUT2D eigenvalue weighted by Gasteiger charge is 2.15. The van der Waals surface area contributed by atoms with E-state index in [4.69, 9.17) is 5.11 Å². The summed E-state index contributed by atoms with van der Waals surface area (Å²) >= 11 is 0. The molecule has 1 aromatic heterocycles. The van der Waals surface area contributed by atoms with Gasteiger partial charge in [0.1, 0.15) is 0 Å². The van der Waals surface area contributed by atoms with Crippen molar-refractivity contribution in [3.05, 3.63) is 21.6 Å². The van der Waals surface area contributed by atoms with Crippen LogP contribution in [-0.2, 0) is 19.4 Å². The van der Waals surface area contributed by atoms with E-state index in [0.29, 0.717) is 6.54 Å². The van der Waals surface area contributed by atoms with Crippen molar-refractivity contribution in [3.8, 4) is 0 Å². The van der Waals surface area contributed by atoms with Crippen LogP contribution in [0.25, 0.3) is 0 Å². The van der Waals surface area contributed by atoms with Crippen LogP contribution in [0.4, 0.5) is 0 Å². The Hall–Kier alpha value is -1.03. The van der Waals surface area contributed by atoms with E-state index in [1.54, 1.807) is 0 Å². The molecule has 4 heteroatoms. The summed E-state index contributed by atoms with van der Waals surface area (Å²) in [5.41, 5.74) is 2.09. The molecule has 1 aromatic rings. The van der Waals surface area contributed by atoms with Crippen LogP contribution in [-0.4, -0.2) is 21.5 Å². The largest absolute Gasteiger partial charge is 0.394 e. The molecule has 1 aliphatic rings. The molecule has 1 aliphatic carbocycles. The normalized spacial score (nSPS) is 16.4. The Labute approximate surface area is 82.5 Å². The number of aromatic nitrogens is 2. The second-order valence-electron chi connectivity index (χ2n) is 3.81. The van der Waals surface area contributed by atoms with Gasteiger partial charge in [-0.3, -0.25) is 14.6 Å². The molecule has 0 amide bonds. The van der Waals surface area contributed by atoms with Gasteiger partial charge in [0, 0.05) is 11.3 Å². The monoisotopic (exact) mass is 196 g/mol. The van der Waals surface area contributed by atoms with Gasteiger partial charge >= 0.3 is 0 Å². The number of H-pyrrole nitrogens is 1. The summed E-state index contributed by atoms with van der Waals surface area (Å²) in [5.74, 6) is 0. The quantitative estimate of drug-likeness (QED) is 0.674. The maximum absolute atomic E-state index is 11.8. The molecule has 0 bridgehead atoms. The third-order valence-electron chi connectivity index (χ3n) is 2.81. The van der Waals surface area contributed by atoms with Gasteiger partial charge in [0.25, 0.3) is 5.56 Å². The number of nitrogens with zero attached hydrogens (tertiary/aromatic N) is 1. The number of fused-ring (bicyclic) bond motifs is 1. The standard InChI is InChI=1S/C10H16N2O2/c13-7-6-12-10(14)8-4-2-1-3-5-9(8)11-12/h11,13H,1-7H2.